The third kappa shape index (κ3) is 4.83. The van der Waals surface area contributed by atoms with Crippen LogP contribution in [0.3, 0.4) is 0 Å². The summed E-state index contributed by atoms with van der Waals surface area (Å²) >= 11 is 0. The van der Waals surface area contributed by atoms with Crippen molar-refractivity contribution in [3.05, 3.63) is 71.3 Å². The quantitative estimate of drug-likeness (QED) is 0.824. The van der Waals surface area contributed by atoms with Gasteiger partial charge in [0.2, 0.25) is 0 Å². The molecule has 2 rings (SSSR count). The van der Waals surface area contributed by atoms with E-state index < -0.39 is 15.6 Å². The van der Waals surface area contributed by atoms with Crippen molar-refractivity contribution in [3.63, 3.8) is 0 Å². The van der Waals surface area contributed by atoms with Crippen molar-refractivity contribution < 1.29 is 13.2 Å². The highest BCUT2D eigenvalue weighted by Gasteiger charge is 2.18. The standard InChI is InChI=1S/C17H18O3S/c1-14-7-5-6-10-16(14)12-21(19,20)13-17(18)11-15-8-3-2-4-9-15/h2-10H,11-13H2,1H3. The van der Waals surface area contributed by atoms with Crippen LogP contribution in [-0.4, -0.2) is 20.0 Å². The molecule has 0 aliphatic rings. The zero-order chi connectivity index (χ0) is 15.3. The van der Waals surface area contributed by atoms with Crippen molar-refractivity contribution in [1.82, 2.24) is 0 Å². The Morgan fingerprint density at radius 2 is 1.57 bits per heavy atom. The molecule has 0 unspecified atom stereocenters. The Balaban J connectivity index is 2.01. The normalized spacial score (nSPS) is 11.3. The molecule has 2 aromatic carbocycles. The van der Waals surface area contributed by atoms with Crippen LogP contribution in [0.25, 0.3) is 0 Å². The van der Waals surface area contributed by atoms with Gasteiger partial charge in [0, 0.05) is 6.42 Å². The lowest BCUT2D eigenvalue weighted by Crippen LogP contribution is -2.19. The highest BCUT2D eigenvalue weighted by atomic mass is 32.2. The molecule has 110 valence electrons. The van der Waals surface area contributed by atoms with Crippen molar-refractivity contribution in [1.29, 1.82) is 0 Å². The smallest absolute Gasteiger partial charge is 0.161 e. The van der Waals surface area contributed by atoms with Gasteiger partial charge >= 0.3 is 0 Å². The third-order valence-electron chi connectivity index (χ3n) is 3.26. The Morgan fingerprint density at radius 1 is 0.952 bits per heavy atom. The van der Waals surface area contributed by atoms with E-state index >= 15 is 0 Å². The molecule has 0 atom stereocenters. The monoisotopic (exact) mass is 302 g/mol. The molecule has 0 radical (unpaired) electrons. The first kappa shape index (κ1) is 15.4. The van der Waals surface area contributed by atoms with E-state index in [1.807, 2.05) is 55.5 Å². The van der Waals surface area contributed by atoms with Crippen LogP contribution in [0, 0.1) is 6.92 Å². The molecule has 4 heteroatoms. The van der Waals surface area contributed by atoms with Gasteiger partial charge in [-0.25, -0.2) is 8.42 Å². The fraction of sp³-hybridized carbons (Fsp3) is 0.235. The average molecular weight is 302 g/mol. The van der Waals surface area contributed by atoms with E-state index in [0.717, 1.165) is 16.7 Å². The van der Waals surface area contributed by atoms with Gasteiger partial charge in [-0.1, -0.05) is 54.6 Å². The Labute approximate surface area is 125 Å². The lowest BCUT2D eigenvalue weighted by atomic mass is 10.1. The molecular weight excluding hydrogens is 284 g/mol. The molecule has 0 fully saturated rings. The first-order valence-electron chi connectivity index (χ1n) is 6.77. The predicted octanol–water partition coefficient (Wildman–Crippen LogP) is 2.72. The lowest BCUT2D eigenvalue weighted by molar-refractivity contribution is -0.116. The van der Waals surface area contributed by atoms with Crippen molar-refractivity contribution in [2.75, 3.05) is 5.75 Å². The fourth-order valence-electron chi connectivity index (χ4n) is 2.18. The number of sulfone groups is 1. The maximum absolute atomic E-state index is 12.1. The number of Topliss-reactive ketones (excluding diaryl/α,β-unsaturated/α-hetero) is 1. The predicted molar refractivity (Wildman–Crippen MR) is 83.8 cm³/mol. The molecule has 0 N–H and O–H groups in total. The first-order chi connectivity index (χ1) is 9.96. The Kier molecular flexibility index (Phi) is 4.91. The van der Waals surface area contributed by atoms with Gasteiger partial charge in [0.05, 0.1) is 5.75 Å². The maximum atomic E-state index is 12.1. The van der Waals surface area contributed by atoms with Crippen LogP contribution in [0.5, 0.6) is 0 Å². The summed E-state index contributed by atoms with van der Waals surface area (Å²) in [6, 6.07) is 16.5. The van der Waals surface area contributed by atoms with Crippen LogP contribution >= 0.6 is 0 Å². The van der Waals surface area contributed by atoms with E-state index in [9.17, 15) is 13.2 Å². The number of rotatable bonds is 6. The van der Waals surface area contributed by atoms with Gasteiger partial charge in [-0.2, -0.15) is 0 Å². The van der Waals surface area contributed by atoms with Crippen molar-refractivity contribution in [2.24, 2.45) is 0 Å². The Bertz CT molecular complexity index is 719. The topological polar surface area (TPSA) is 51.2 Å². The summed E-state index contributed by atoms with van der Waals surface area (Å²) in [7, 11) is -3.43. The van der Waals surface area contributed by atoms with Crippen molar-refractivity contribution >= 4 is 15.6 Å². The molecular formula is C17H18O3S. The number of benzene rings is 2. The molecule has 21 heavy (non-hydrogen) atoms. The van der Waals surface area contributed by atoms with Gasteiger partial charge in [-0.05, 0) is 23.6 Å². The number of aryl methyl sites for hydroxylation is 1. The minimum Gasteiger partial charge on any atom is -0.298 e. The summed E-state index contributed by atoms with van der Waals surface area (Å²) in [4.78, 5) is 11.9. The SMILES string of the molecule is Cc1ccccc1CS(=O)(=O)CC(=O)Cc1ccccc1. The molecule has 0 saturated heterocycles. The molecule has 0 spiro atoms. The van der Waals surface area contributed by atoms with Crippen LogP contribution in [0.15, 0.2) is 54.6 Å². The number of hydrogen-bond donors (Lipinski definition) is 0. The molecule has 0 bridgehead atoms. The first-order valence-corrected chi connectivity index (χ1v) is 8.59. The number of carbonyl (C=O) groups is 1. The van der Waals surface area contributed by atoms with E-state index in [1.165, 1.54) is 0 Å². The summed E-state index contributed by atoms with van der Waals surface area (Å²) in [5.74, 6) is -0.758. The summed E-state index contributed by atoms with van der Waals surface area (Å²) in [5, 5.41) is 0. The Hall–Kier alpha value is -1.94. The molecule has 2 aromatic rings. The molecule has 0 heterocycles. The highest BCUT2D eigenvalue weighted by Crippen LogP contribution is 2.12. The largest absolute Gasteiger partial charge is 0.298 e. The Morgan fingerprint density at radius 3 is 2.24 bits per heavy atom. The second kappa shape index (κ2) is 6.68. The minimum absolute atomic E-state index is 0.0831. The zero-order valence-electron chi connectivity index (χ0n) is 12.0. The van der Waals surface area contributed by atoms with Crippen LogP contribution in [0.1, 0.15) is 16.7 Å². The van der Waals surface area contributed by atoms with Crippen molar-refractivity contribution in [3.8, 4) is 0 Å². The maximum Gasteiger partial charge on any atom is 0.161 e. The van der Waals surface area contributed by atoms with Gasteiger partial charge < -0.3 is 0 Å². The zero-order valence-corrected chi connectivity index (χ0v) is 12.8. The average Bonchev–Trinajstić information content (AvgIpc) is 2.41. The van der Waals surface area contributed by atoms with E-state index in [2.05, 4.69) is 0 Å². The number of hydrogen-bond acceptors (Lipinski definition) is 3. The van der Waals surface area contributed by atoms with Gasteiger partial charge in [0.1, 0.15) is 5.75 Å². The minimum atomic E-state index is -3.43. The third-order valence-corrected chi connectivity index (χ3v) is 4.77. The lowest BCUT2D eigenvalue weighted by Gasteiger charge is -2.07. The number of ketones is 1. The van der Waals surface area contributed by atoms with Gasteiger partial charge in [-0.3, -0.25) is 4.79 Å². The van der Waals surface area contributed by atoms with Gasteiger partial charge in [0.15, 0.2) is 15.6 Å². The van der Waals surface area contributed by atoms with Crippen LogP contribution in [0.2, 0.25) is 0 Å². The second-order valence-corrected chi connectivity index (χ2v) is 7.22. The molecule has 0 saturated carbocycles. The summed E-state index contributed by atoms with van der Waals surface area (Å²) < 4.78 is 24.3. The van der Waals surface area contributed by atoms with Crippen LogP contribution in [-0.2, 0) is 26.8 Å². The summed E-state index contributed by atoms with van der Waals surface area (Å²) in [6.07, 6.45) is 0.161. The van der Waals surface area contributed by atoms with Gasteiger partial charge in [-0.15, -0.1) is 0 Å². The molecule has 0 aromatic heterocycles. The van der Waals surface area contributed by atoms with Crippen LogP contribution < -0.4 is 0 Å². The van der Waals surface area contributed by atoms with E-state index in [1.54, 1.807) is 6.07 Å². The van der Waals surface area contributed by atoms with E-state index in [4.69, 9.17) is 0 Å². The fourth-order valence-corrected chi connectivity index (χ4v) is 3.67. The summed E-state index contributed by atoms with van der Waals surface area (Å²) in [6.45, 7) is 1.87. The van der Waals surface area contributed by atoms with Crippen LogP contribution in [0.4, 0.5) is 0 Å². The molecule has 0 aliphatic heterocycles. The van der Waals surface area contributed by atoms with Crippen molar-refractivity contribution in [2.45, 2.75) is 19.1 Å². The molecule has 3 nitrogen and oxygen atoms in total. The molecule has 0 amide bonds. The number of carbonyl (C=O) groups excluding carboxylic acids is 1. The van der Waals surface area contributed by atoms with E-state index in [-0.39, 0.29) is 18.0 Å². The van der Waals surface area contributed by atoms with Gasteiger partial charge in [0.25, 0.3) is 0 Å². The second-order valence-electron chi connectivity index (χ2n) is 5.16. The summed E-state index contributed by atoms with van der Waals surface area (Å²) in [5.41, 5.74) is 2.52. The molecule has 0 aliphatic carbocycles. The highest BCUT2D eigenvalue weighted by molar-refractivity contribution is 7.91. The van der Waals surface area contributed by atoms with E-state index in [0.29, 0.717) is 0 Å².